The molecule has 1 fully saturated rings. The molecule has 1 N–H and O–H groups in total. The number of benzene rings is 1. The number of hydrogen-bond acceptors (Lipinski definition) is 3. The highest BCUT2D eigenvalue weighted by Crippen LogP contribution is 2.24. The van der Waals surface area contributed by atoms with Crippen molar-refractivity contribution >= 4 is 11.6 Å². The number of carbonyl (C=O) groups excluding carboxylic acids is 1. The second kappa shape index (κ2) is 7.17. The van der Waals surface area contributed by atoms with Crippen LogP contribution in [0.4, 0.5) is 5.69 Å². The normalized spacial score (nSPS) is 18.1. The van der Waals surface area contributed by atoms with E-state index in [1.807, 2.05) is 18.2 Å². The van der Waals surface area contributed by atoms with Crippen LogP contribution in [0.25, 0.3) is 0 Å². The molecule has 2 rings (SSSR count). The summed E-state index contributed by atoms with van der Waals surface area (Å²) in [4.78, 5) is 14.1. The summed E-state index contributed by atoms with van der Waals surface area (Å²) in [5.41, 5.74) is 1.16. The van der Waals surface area contributed by atoms with E-state index < -0.39 is 0 Å². The fourth-order valence-electron chi connectivity index (χ4n) is 2.56. The third-order valence-corrected chi connectivity index (χ3v) is 3.73. The van der Waals surface area contributed by atoms with Gasteiger partial charge >= 0.3 is 0 Å². The van der Waals surface area contributed by atoms with Gasteiger partial charge in [-0.15, -0.1) is 0 Å². The van der Waals surface area contributed by atoms with Crippen molar-refractivity contribution in [2.45, 2.75) is 38.6 Å². The average Bonchev–Trinajstić information content (AvgIpc) is 2.93. The molecule has 1 amide bonds. The first-order chi connectivity index (χ1) is 9.72. The Hall–Kier alpha value is -1.71. The van der Waals surface area contributed by atoms with Crippen molar-refractivity contribution in [3.63, 3.8) is 0 Å². The highest BCUT2D eigenvalue weighted by atomic mass is 16.5. The van der Waals surface area contributed by atoms with Crippen LogP contribution in [0.2, 0.25) is 0 Å². The van der Waals surface area contributed by atoms with Gasteiger partial charge in [0.05, 0.1) is 7.11 Å². The fourth-order valence-corrected chi connectivity index (χ4v) is 2.56. The van der Waals surface area contributed by atoms with Crippen molar-refractivity contribution in [1.82, 2.24) is 5.32 Å². The van der Waals surface area contributed by atoms with Crippen molar-refractivity contribution in [3.8, 4) is 5.75 Å². The van der Waals surface area contributed by atoms with Crippen LogP contribution in [-0.4, -0.2) is 32.1 Å². The molecule has 0 unspecified atom stereocenters. The summed E-state index contributed by atoms with van der Waals surface area (Å²) >= 11 is 0. The lowest BCUT2D eigenvalue weighted by Crippen LogP contribution is -2.36. The number of rotatable bonds is 6. The topological polar surface area (TPSA) is 41.6 Å². The quantitative estimate of drug-likeness (QED) is 0.868. The van der Waals surface area contributed by atoms with Crippen LogP contribution in [0.5, 0.6) is 5.75 Å². The Balaban J connectivity index is 1.86. The molecule has 20 heavy (non-hydrogen) atoms. The monoisotopic (exact) mass is 276 g/mol. The molecule has 0 saturated carbocycles. The number of ether oxygens (including phenoxy) is 1. The Morgan fingerprint density at radius 2 is 2.35 bits per heavy atom. The predicted octanol–water partition coefficient (Wildman–Crippen LogP) is 2.58. The number of amides is 1. The van der Waals surface area contributed by atoms with Gasteiger partial charge in [-0.05, 0) is 25.0 Å². The van der Waals surface area contributed by atoms with E-state index in [-0.39, 0.29) is 11.9 Å². The van der Waals surface area contributed by atoms with Crippen molar-refractivity contribution in [2.75, 3.05) is 25.1 Å². The molecule has 1 aromatic carbocycles. The summed E-state index contributed by atoms with van der Waals surface area (Å²) in [6, 6.07) is 8.35. The van der Waals surface area contributed by atoms with Gasteiger partial charge in [-0.2, -0.15) is 0 Å². The van der Waals surface area contributed by atoms with E-state index in [1.54, 1.807) is 7.11 Å². The number of unbranched alkanes of at least 4 members (excludes halogenated alkanes) is 1. The van der Waals surface area contributed by atoms with E-state index in [4.69, 9.17) is 4.74 Å². The third-order valence-electron chi connectivity index (χ3n) is 3.73. The summed E-state index contributed by atoms with van der Waals surface area (Å²) in [5.74, 6) is 1.06. The number of methoxy groups -OCH3 is 1. The number of nitrogens with one attached hydrogen (secondary N) is 1. The average molecular weight is 276 g/mol. The first kappa shape index (κ1) is 14.7. The first-order valence-corrected chi connectivity index (χ1v) is 7.41. The molecular weight excluding hydrogens is 252 g/mol. The largest absolute Gasteiger partial charge is 0.497 e. The summed E-state index contributed by atoms with van der Waals surface area (Å²) in [7, 11) is 1.68. The summed E-state index contributed by atoms with van der Waals surface area (Å²) in [5, 5.41) is 3.13. The van der Waals surface area contributed by atoms with E-state index in [1.165, 1.54) is 0 Å². The van der Waals surface area contributed by atoms with Gasteiger partial charge in [0.25, 0.3) is 0 Å². The molecule has 110 valence electrons. The minimum atomic E-state index is 0.185. The highest BCUT2D eigenvalue weighted by Gasteiger charge is 2.23. The van der Waals surface area contributed by atoms with Crippen LogP contribution in [0, 0.1) is 0 Å². The van der Waals surface area contributed by atoms with E-state index >= 15 is 0 Å². The van der Waals surface area contributed by atoms with E-state index in [9.17, 15) is 4.79 Å². The minimum absolute atomic E-state index is 0.185. The molecule has 1 heterocycles. The minimum Gasteiger partial charge on any atom is -0.497 e. The zero-order chi connectivity index (χ0) is 14.4. The van der Waals surface area contributed by atoms with Gasteiger partial charge in [-0.3, -0.25) is 4.79 Å². The van der Waals surface area contributed by atoms with Crippen molar-refractivity contribution in [2.24, 2.45) is 0 Å². The first-order valence-electron chi connectivity index (χ1n) is 7.41. The standard InChI is InChI=1S/C16H24N2O2/c1-3-4-8-16(19)17-13-9-10-18(12-13)14-6-5-7-15(11-14)20-2/h5-7,11,13H,3-4,8-10,12H2,1-2H3,(H,17,19)/t13-/m0/s1. The van der Waals surface area contributed by atoms with Crippen LogP contribution in [0.1, 0.15) is 32.6 Å². The molecule has 4 heteroatoms. The van der Waals surface area contributed by atoms with Gasteiger partial charge < -0.3 is 15.0 Å². The van der Waals surface area contributed by atoms with Crippen LogP contribution in [0.3, 0.4) is 0 Å². The maximum Gasteiger partial charge on any atom is 0.220 e. The van der Waals surface area contributed by atoms with Crippen LogP contribution in [0.15, 0.2) is 24.3 Å². The second-order valence-corrected chi connectivity index (χ2v) is 5.30. The number of hydrogen-bond donors (Lipinski definition) is 1. The molecule has 0 aliphatic carbocycles. The fraction of sp³-hybridized carbons (Fsp3) is 0.562. The Bertz CT molecular complexity index is 448. The molecule has 1 atom stereocenters. The van der Waals surface area contributed by atoms with Crippen molar-refractivity contribution < 1.29 is 9.53 Å². The Labute approximate surface area is 121 Å². The molecule has 0 radical (unpaired) electrons. The predicted molar refractivity (Wildman–Crippen MR) is 81.3 cm³/mol. The summed E-state index contributed by atoms with van der Waals surface area (Å²) in [6.45, 7) is 3.96. The molecule has 0 spiro atoms. The van der Waals surface area contributed by atoms with Gasteiger partial charge in [-0.1, -0.05) is 19.4 Å². The SMILES string of the molecule is CCCCC(=O)N[C@H]1CCN(c2cccc(OC)c2)C1. The number of anilines is 1. The van der Waals surface area contributed by atoms with Gasteiger partial charge in [-0.25, -0.2) is 0 Å². The molecular formula is C16H24N2O2. The van der Waals surface area contributed by atoms with Gasteiger partial charge in [0.15, 0.2) is 0 Å². The van der Waals surface area contributed by atoms with Crippen LogP contribution in [-0.2, 0) is 4.79 Å². The van der Waals surface area contributed by atoms with Gasteiger partial charge in [0.2, 0.25) is 5.91 Å². The maximum absolute atomic E-state index is 11.8. The lowest BCUT2D eigenvalue weighted by atomic mass is 10.2. The Kier molecular flexibility index (Phi) is 5.27. The molecule has 1 aliphatic heterocycles. The van der Waals surface area contributed by atoms with Gasteiger partial charge in [0, 0.05) is 37.3 Å². The lowest BCUT2D eigenvalue weighted by Gasteiger charge is -2.19. The van der Waals surface area contributed by atoms with Gasteiger partial charge in [0.1, 0.15) is 5.75 Å². The summed E-state index contributed by atoms with van der Waals surface area (Å²) in [6.07, 6.45) is 3.69. The third kappa shape index (κ3) is 3.89. The van der Waals surface area contributed by atoms with Crippen LogP contribution >= 0.6 is 0 Å². The van der Waals surface area contributed by atoms with Crippen molar-refractivity contribution in [3.05, 3.63) is 24.3 Å². The molecule has 1 aromatic rings. The molecule has 1 aliphatic rings. The second-order valence-electron chi connectivity index (χ2n) is 5.30. The smallest absolute Gasteiger partial charge is 0.220 e. The van der Waals surface area contributed by atoms with Crippen molar-refractivity contribution in [1.29, 1.82) is 0 Å². The molecule has 0 bridgehead atoms. The van der Waals surface area contributed by atoms with E-state index in [2.05, 4.69) is 23.2 Å². The van der Waals surface area contributed by atoms with E-state index in [0.717, 1.165) is 43.8 Å². The van der Waals surface area contributed by atoms with Crippen LogP contribution < -0.4 is 15.0 Å². The number of carbonyl (C=O) groups is 1. The number of nitrogens with zero attached hydrogens (tertiary/aromatic N) is 1. The summed E-state index contributed by atoms with van der Waals surface area (Å²) < 4.78 is 5.25. The zero-order valence-electron chi connectivity index (χ0n) is 12.4. The van der Waals surface area contributed by atoms with E-state index in [0.29, 0.717) is 6.42 Å². The maximum atomic E-state index is 11.8. The highest BCUT2D eigenvalue weighted by molar-refractivity contribution is 5.76. The molecule has 0 aromatic heterocycles. The molecule has 1 saturated heterocycles. The lowest BCUT2D eigenvalue weighted by molar-refractivity contribution is -0.121. The zero-order valence-corrected chi connectivity index (χ0v) is 12.4. The Morgan fingerprint density at radius 1 is 1.50 bits per heavy atom. The Morgan fingerprint density at radius 3 is 3.10 bits per heavy atom. The molecule has 4 nitrogen and oxygen atoms in total.